The highest BCUT2D eigenvalue weighted by Gasteiger charge is 2.22. The Bertz CT molecular complexity index is 3070. The molecule has 11 aromatic rings. The number of anilines is 3. The molecule has 0 aliphatic heterocycles. The zero-order chi connectivity index (χ0) is 31.3. The van der Waals surface area contributed by atoms with Gasteiger partial charge in [0, 0.05) is 67.9 Å². The lowest BCUT2D eigenvalue weighted by Crippen LogP contribution is -2.10. The highest BCUT2D eigenvalue weighted by Crippen LogP contribution is 2.50. The van der Waals surface area contributed by atoms with Gasteiger partial charge in [-0.3, -0.25) is 0 Å². The lowest BCUT2D eigenvalue weighted by atomic mass is 10.0. The standard InChI is InChI=1S/C44H25NOS2/c1-2-11-28(12-3-1)45(29-19-21-32-39(25-29)48-37-23-18-26-9-4-6-13-30(26)40(32)37)34-15-8-16-36-42(34)43-38(47-36)24-22-35-41(43)33-20-17-27-10-5-7-14-31(27)44(33)46-35/h1-25H. The summed E-state index contributed by atoms with van der Waals surface area (Å²) in [6.45, 7) is 0. The summed E-state index contributed by atoms with van der Waals surface area (Å²) in [4.78, 5) is 2.44. The van der Waals surface area contributed by atoms with Crippen molar-refractivity contribution in [2.45, 2.75) is 0 Å². The van der Waals surface area contributed by atoms with Gasteiger partial charge in [-0.1, -0.05) is 91.0 Å². The fourth-order valence-electron chi connectivity index (χ4n) is 7.75. The van der Waals surface area contributed by atoms with E-state index in [1.54, 1.807) is 0 Å². The predicted molar refractivity (Wildman–Crippen MR) is 209 cm³/mol. The van der Waals surface area contributed by atoms with Crippen LogP contribution in [0.25, 0.3) is 83.8 Å². The van der Waals surface area contributed by atoms with Crippen LogP contribution in [0.4, 0.5) is 17.1 Å². The predicted octanol–water partition coefficient (Wildman–Crippen LogP) is 14.1. The molecular formula is C44H25NOS2. The molecule has 3 heterocycles. The van der Waals surface area contributed by atoms with Crippen LogP contribution in [0.3, 0.4) is 0 Å². The zero-order valence-corrected chi connectivity index (χ0v) is 27.2. The van der Waals surface area contributed by atoms with Crippen molar-refractivity contribution in [2.24, 2.45) is 0 Å². The third kappa shape index (κ3) is 3.67. The monoisotopic (exact) mass is 647 g/mol. The largest absolute Gasteiger partial charge is 0.455 e. The van der Waals surface area contributed by atoms with Crippen molar-refractivity contribution >= 4 is 124 Å². The van der Waals surface area contributed by atoms with Gasteiger partial charge in [-0.05, 0) is 76.8 Å². The van der Waals surface area contributed by atoms with Crippen molar-refractivity contribution in [1.29, 1.82) is 0 Å². The van der Waals surface area contributed by atoms with E-state index in [1.807, 2.05) is 22.7 Å². The maximum absolute atomic E-state index is 6.66. The minimum atomic E-state index is 0.925. The fraction of sp³-hybridized carbons (Fsp3) is 0. The van der Waals surface area contributed by atoms with E-state index in [-0.39, 0.29) is 0 Å². The van der Waals surface area contributed by atoms with Gasteiger partial charge in [0.15, 0.2) is 0 Å². The van der Waals surface area contributed by atoms with Crippen molar-refractivity contribution in [2.75, 3.05) is 4.90 Å². The van der Waals surface area contributed by atoms with Crippen LogP contribution in [-0.4, -0.2) is 0 Å². The molecule has 0 fully saturated rings. The van der Waals surface area contributed by atoms with Crippen LogP contribution in [0.1, 0.15) is 0 Å². The molecule has 4 heteroatoms. The number of hydrogen-bond donors (Lipinski definition) is 0. The molecule has 48 heavy (non-hydrogen) atoms. The SMILES string of the molecule is c1ccc(N(c2ccc3c(c2)sc2ccc4ccccc4c23)c2cccc3sc4ccc5oc6c7ccccc7ccc6c5c4c23)cc1. The van der Waals surface area contributed by atoms with Crippen LogP contribution in [0.5, 0.6) is 0 Å². The van der Waals surface area contributed by atoms with E-state index in [0.29, 0.717) is 0 Å². The van der Waals surface area contributed by atoms with Gasteiger partial charge in [0.1, 0.15) is 11.2 Å². The fourth-order valence-corrected chi connectivity index (χ4v) is 10.0. The number of furan rings is 1. The van der Waals surface area contributed by atoms with Crippen LogP contribution in [0.15, 0.2) is 156 Å². The summed E-state index contributed by atoms with van der Waals surface area (Å²) in [6.07, 6.45) is 0. The van der Waals surface area contributed by atoms with Gasteiger partial charge < -0.3 is 9.32 Å². The Kier molecular flexibility index (Phi) is 5.45. The Labute approximate surface area is 283 Å². The molecule has 0 spiro atoms. The molecule has 8 aromatic carbocycles. The number of para-hydroxylation sites is 1. The van der Waals surface area contributed by atoms with Crippen molar-refractivity contribution < 1.29 is 4.42 Å². The Morgan fingerprint density at radius 1 is 0.396 bits per heavy atom. The molecule has 0 aliphatic rings. The first-order valence-electron chi connectivity index (χ1n) is 16.2. The van der Waals surface area contributed by atoms with Crippen LogP contribution in [-0.2, 0) is 0 Å². The molecule has 3 aromatic heterocycles. The lowest BCUT2D eigenvalue weighted by Gasteiger charge is -2.26. The van der Waals surface area contributed by atoms with E-state index in [4.69, 9.17) is 4.42 Å². The minimum absolute atomic E-state index is 0.925. The molecule has 0 N–H and O–H groups in total. The van der Waals surface area contributed by atoms with Crippen LogP contribution >= 0.6 is 22.7 Å². The first-order chi connectivity index (χ1) is 23.8. The zero-order valence-electron chi connectivity index (χ0n) is 25.6. The summed E-state index contributed by atoms with van der Waals surface area (Å²) in [6, 6.07) is 55.1. The number of rotatable bonds is 3. The second kappa shape index (κ2) is 9.91. The number of hydrogen-bond acceptors (Lipinski definition) is 4. The molecule has 0 aliphatic carbocycles. The quantitative estimate of drug-likeness (QED) is 0.190. The van der Waals surface area contributed by atoms with E-state index in [1.165, 1.54) is 67.6 Å². The first-order valence-corrected chi connectivity index (χ1v) is 17.8. The normalized spacial score (nSPS) is 12.2. The second-order valence-electron chi connectivity index (χ2n) is 12.4. The molecule has 0 radical (unpaired) electrons. The summed E-state index contributed by atoms with van der Waals surface area (Å²) >= 11 is 3.73. The molecule has 224 valence electrons. The van der Waals surface area contributed by atoms with Crippen LogP contribution in [0, 0.1) is 0 Å². The maximum atomic E-state index is 6.66. The van der Waals surface area contributed by atoms with E-state index in [0.717, 1.165) is 33.3 Å². The summed E-state index contributed by atoms with van der Waals surface area (Å²) in [5, 5.41) is 12.4. The van der Waals surface area contributed by atoms with Gasteiger partial charge in [-0.15, -0.1) is 22.7 Å². The van der Waals surface area contributed by atoms with E-state index < -0.39 is 0 Å². The molecule has 0 saturated carbocycles. The average molecular weight is 648 g/mol. The Balaban J connectivity index is 1.22. The van der Waals surface area contributed by atoms with Crippen molar-refractivity contribution in [3.8, 4) is 0 Å². The molecule has 0 atom stereocenters. The maximum Gasteiger partial charge on any atom is 0.143 e. The van der Waals surface area contributed by atoms with Gasteiger partial charge in [-0.2, -0.15) is 0 Å². The van der Waals surface area contributed by atoms with Crippen LogP contribution < -0.4 is 4.90 Å². The minimum Gasteiger partial charge on any atom is -0.455 e. The average Bonchev–Trinajstić information content (AvgIpc) is 3.83. The van der Waals surface area contributed by atoms with Crippen molar-refractivity contribution in [1.82, 2.24) is 0 Å². The number of benzene rings is 8. The van der Waals surface area contributed by atoms with E-state index >= 15 is 0 Å². The number of nitrogens with zero attached hydrogens (tertiary/aromatic N) is 1. The summed E-state index contributed by atoms with van der Waals surface area (Å²) in [5.41, 5.74) is 5.32. The second-order valence-corrected chi connectivity index (χ2v) is 14.6. The van der Waals surface area contributed by atoms with Gasteiger partial charge in [0.2, 0.25) is 0 Å². The molecule has 0 saturated heterocycles. The van der Waals surface area contributed by atoms with Crippen molar-refractivity contribution in [3.63, 3.8) is 0 Å². The molecular weight excluding hydrogens is 623 g/mol. The molecule has 0 amide bonds. The highest BCUT2D eigenvalue weighted by atomic mass is 32.1. The van der Waals surface area contributed by atoms with Gasteiger partial charge in [0.25, 0.3) is 0 Å². The lowest BCUT2D eigenvalue weighted by molar-refractivity contribution is 0.673. The third-order valence-electron chi connectivity index (χ3n) is 9.82. The van der Waals surface area contributed by atoms with E-state index in [9.17, 15) is 0 Å². The van der Waals surface area contributed by atoms with Gasteiger partial charge >= 0.3 is 0 Å². The van der Waals surface area contributed by atoms with E-state index in [2.05, 4.69) is 157 Å². The smallest absolute Gasteiger partial charge is 0.143 e. The Hall–Kier alpha value is -5.68. The number of fused-ring (bicyclic) bond motifs is 14. The first kappa shape index (κ1) is 26.4. The highest BCUT2D eigenvalue weighted by molar-refractivity contribution is 7.26. The molecule has 2 nitrogen and oxygen atoms in total. The summed E-state index contributed by atoms with van der Waals surface area (Å²) in [7, 11) is 0. The number of thiophene rings is 2. The molecule has 0 bridgehead atoms. The van der Waals surface area contributed by atoms with Crippen molar-refractivity contribution in [3.05, 3.63) is 152 Å². The van der Waals surface area contributed by atoms with Gasteiger partial charge in [-0.25, -0.2) is 0 Å². The molecule has 11 rings (SSSR count). The summed E-state index contributed by atoms with van der Waals surface area (Å²) < 4.78 is 11.8. The Morgan fingerprint density at radius 3 is 1.98 bits per heavy atom. The van der Waals surface area contributed by atoms with Crippen LogP contribution in [0.2, 0.25) is 0 Å². The molecule has 0 unspecified atom stereocenters. The Morgan fingerprint density at radius 2 is 1.08 bits per heavy atom. The summed E-state index contributed by atoms with van der Waals surface area (Å²) in [5.74, 6) is 0. The topological polar surface area (TPSA) is 16.4 Å². The third-order valence-corrected chi connectivity index (χ3v) is 12.1. The van der Waals surface area contributed by atoms with Gasteiger partial charge in [0.05, 0.1) is 5.69 Å².